The number of hydrogen-bond acceptors (Lipinski definition) is 3. The zero-order valence-electron chi connectivity index (χ0n) is 14.1. The third kappa shape index (κ3) is 2.71. The number of nitrogens with one attached hydrogen (secondary N) is 1. The lowest BCUT2D eigenvalue weighted by molar-refractivity contribution is -0.137. The van der Waals surface area contributed by atoms with Crippen LogP contribution in [0.1, 0.15) is 54.5 Å². The molecule has 4 nitrogen and oxygen atoms in total. The molecule has 136 valence electrons. The number of nitrogens with zero attached hydrogens (tertiary/aromatic N) is 3. The second-order valence-corrected chi connectivity index (χ2v) is 6.81. The molecule has 1 atom stereocenters. The van der Waals surface area contributed by atoms with Gasteiger partial charge in [0.15, 0.2) is 5.82 Å². The minimum absolute atomic E-state index is 0.0580. The molecular weight excluding hydrogens is 341 g/mol. The van der Waals surface area contributed by atoms with Gasteiger partial charge in [-0.3, -0.25) is 4.57 Å². The Kier molecular flexibility index (Phi) is 3.89. The van der Waals surface area contributed by atoms with Gasteiger partial charge in [-0.1, -0.05) is 18.2 Å². The summed E-state index contributed by atoms with van der Waals surface area (Å²) >= 11 is 0. The van der Waals surface area contributed by atoms with E-state index in [9.17, 15) is 13.2 Å². The highest BCUT2D eigenvalue weighted by atomic mass is 19.4. The summed E-state index contributed by atoms with van der Waals surface area (Å²) in [6.45, 7) is 3.75. The smallest absolute Gasteiger partial charge is 0.380 e. The standard InChI is InChI=1S/C19H19F3N4/c1-2-3-4-15-16-24-25-17(26(16)12-11-23-15)18(9-10-18)13-5-7-14(8-6-13)19(20,21)22/h2,5-8,11-12,15,23H,1,3-4,9-10H2. The molecule has 1 N–H and O–H groups in total. The molecule has 4 rings (SSSR count). The Bertz CT molecular complexity index is 845. The van der Waals surface area contributed by atoms with Crippen molar-refractivity contribution in [3.8, 4) is 0 Å². The number of allylic oxidation sites excluding steroid dienone is 1. The van der Waals surface area contributed by atoms with Crippen molar-refractivity contribution in [3.63, 3.8) is 0 Å². The minimum Gasteiger partial charge on any atom is -0.380 e. The van der Waals surface area contributed by atoms with E-state index in [4.69, 9.17) is 0 Å². The molecule has 1 aliphatic carbocycles. The number of hydrogen-bond donors (Lipinski definition) is 1. The van der Waals surface area contributed by atoms with E-state index < -0.39 is 11.7 Å². The first-order valence-corrected chi connectivity index (χ1v) is 8.62. The van der Waals surface area contributed by atoms with Gasteiger partial charge in [0.1, 0.15) is 5.82 Å². The summed E-state index contributed by atoms with van der Waals surface area (Å²) in [5, 5.41) is 12.1. The van der Waals surface area contributed by atoms with Crippen LogP contribution in [0.15, 0.2) is 43.1 Å². The number of alkyl halides is 3. The molecule has 1 fully saturated rings. The Hall–Kier alpha value is -2.57. The van der Waals surface area contributed by atoms with Gasteiger partial charge < -0.3 is 5.32 Å². The van der Waals surface area contributed by atoms with Gasteiger partial charge in [-0.05, 0) is 43.4 Å². The van der Waals surface area contributed by atoms with Crippen LogP contribution in [0.5, 0.6) is 0 Å². The molecule has 0 spiro atoms. The summed E-state index contributed by atoms with van der Waals surface area (Å²) in [7, 11) is 0. The van der Waals surface area contributed by atoms with Crippen molar-refractivity contribution in [1.82, 2.24) is 20.1 Å². The van der Waals surface area contributed by atoms with Crippen molar-refractivity contribution in [2.75, 3.05) is 0 Å². The molecule has 2 aromatic rings. The molecule has 2 heterocycles. The van der Waals surface area contributed by atoms with Crippen LogP contribution in [-0.2, 0) is 11.6 Å². The van der Waals surface area contributed by atoms with Crippen molar-refractivity contribution in [2.45, 2.75) is 43.3 Å². The molecule has 0 bridgehead atoms. The lowest BCUT2D eigenvalue weighted by atomic mass is 9.93. The van der Waals surface area contributed by atoms with Gasteiger partial charge in [0.25, 0.3) is 0 Å². The summed E-state index contributed by atoms with van der Waals surface area (Å²) in [4.78, 5) is 0. The fraction of sp³-hybridized carbons (Fsp3) is 0.368. The Labute approximate surface area is 149 Å². The van der Waals surface area contributed by atoms with Gasteiger partial charge in [-0.2, -0.15) is 13.2 Å². The largest absolute Gasteiger partial charge is 0.416 e. The molecule has 1 aliphatic heterocycles. The Morgan fingerprint density at radius 2 is 1.96 bits per heavy atom. The van der Waals surface area contributed by atoms with E-state index in [-0.39, 0.29) is 11.5 Å². The molecule has 0 radical (unpaired) electrons. The minimum atomic E-state index is -4.32. The lowest BCUT2D eigenvalue weighted by Gasteiger charge is -2.23. The highest BCUT2D eigenvalue weighted by Gasteiger charge is 2.50. The van der Waals surface area contributed by atoms with Gasteiger partial charge >= 0.3 is 6.18 Å². The van der Waals surface area contributed by atoms with E-state index in [0.717, 1.165) is 55.0 Å². The van der Waals surface area contributed by atoms with Crippen LogP contribution in [0.3, 0.4) is 0 Å². The SMILES string of the molecule is C=CCCC1NC=Cn2c1nnc2C1(c2ccc(C(F)(F)F)cc2)CC1. The summed E-state index contributed by atoms with van der Waals surface area (Å²) < 4.78 is 40.5. The fourth-order valence-electron chi connectivity index (χ4n) is 3.56. The molecule has 0 saturated heterocycles. The molecule has 1 saturated carbocycles. The average molecular weight is 360 g/mol. The molecule has 1 aromatic heterocycles. The summed E-state index contributed by atoms with van der Waals surface area (Å²) in [5.41, 5.74) is -0.121. The van der Waals surface area contributed by atoms with Crippen LogP contribution < -0.4 is 5.32 Å². The van der Waals surface area contributed by atoms with Gasteiger partial charge in [0.2, 0.25) is 0 Å². The van der Waals surface area contributed by atoms with Gasteiger partial charge in [0.05, 0.1) is 17.0 Å². The number of aromatic nitrogens is 3. The van der Waals surface area contributed by atoms with Crippen LogP contribution in [0.4, 0.5) is 13.2 Å². The lowest BCUT2D eigenvalue weighted by Crippen LogP contribution is -2.25. The van der Waals surface area contributed by atoms with Gasteiger partial charge in [0, 0.05) is 12.4 Å². The van der Waals surface area contributed by atoms with E-state index in [2.05, 4.69) is 22.1 Å². The average Bonchev–Trinajstić information content (AvgIpc) is 3.31. The van der Waals surface area contributed by atoms with Crippen molar-refractivity contribution >= 4 is 6.20 Å². The van der Waals surface area contributed by atoms with Crippen LogP contribution in [0.25, 0.3) is 6.20 Å². The van der Waals surface area contributed by atoms with Crippen molar-refractivity contribution in [3.05, 3.63) is 65.9 Å². The molecule has 2 aliphatic rings. The molecule has 1 aromatic carbocycles. The fourth-order valence-corrected chi connectivity index (χ4v) is 3.56. The van der Waals surface area contributed by atoms with E-state index in [1.165, 1.54) is 0 Å². The molecule has 0 amide bonds. The van der Waals surface area contributed by atoms with Gasteiger partial charge in [-0.15, -0.1) is 16.8 Å². The second-order valence-electron chi connectivity index (χ2n) is 6.81. The van der Waals surface area contributed by atoms with Crippen LogP contribution in [-0.4, -0.2) is 14.8 Å². The van der Waals surface area contributed by atoms with Crippen LogP contribution >= 0.6 is 0 Å². The summed E-state index contributed by atoms with van der Waals surface area (Å²) in [6.07, 6.45) is 4.74. The van der Waals surface area contributed by atoms with Gasteiger partial charge in [-0.25, -0.2) is 0 Å². The maximum absolute atomic E-state index is 12.8. The first-order chi connectivity index (χ1) is 12.5. The quantitative estimate of drug-likeness (QED) is 0.803. The number of fused-ring (bicyclic) bond motifs is 1. The van der Waals surface area contributed by atoms with E-state index in [1.54, 1.807) is 12.1 Å². The summed E-state index contributed by atoms with van der Waals surface area (Å²) in [5.74, 6) is 1.64. The molecular formula is C19H19F3N4. The predicted octanol–water partition coefficient (Wildman–Crippen LogP) is 4.42. The molecule has 7 heteroatoms. The number of benzene rings is 1. The maximum Gasteiger partial charge on any atom is 0.416 e. The Morgan fingerprint density at radius 1 is 1.23 bits per heavy atom. The molecule has 26 heavy (non-hydrogen) atoms. The predicted molar refractivity (Wildman–Crippen MR) is 92.1 cm³/mol. The van der Waals surface area contributed by atoms with Crippen LogP contribution in [0, 0.1) is 0 Å². The van der Waals surface area contributed by atoms with E-state index in [0.29, 0.717) is 0 Å². The number of rotatable bonds is 5. The van der Waals surface area contributed by atoms with E-state index >= 15 is 0 Å². The third-order valence-electron chi connectivity index (χ3n) is 5.16. The number of halogens is 3. The third-order valence-corrected chi connectivity index (χ3v) is 5.16. The second kappa shape index (κ2) is 6.00. The highest BCUT2D eigenvalue weighted by molar-refractivity contribution is 5.45. The normalized spacial score (nSPS) is 20.3. The Balaban J connectivity index is 1.67. The Morgan fingerprint density at radius 3 is 2.58 bits per heavy atom. The van der Waals surface area contributed by atoms with Crippen molar-refractivity contribution in [2.24, 2.45) is 0 Å². The summed E-state index contributed by atoms with van der Waals surface area (Å²) in [6, 6.07) is 5.48. The first kappa shape index (κ1) is 16.9. The van der Waals surface area contributed by atoms with E-state index in [1.807, 2.05) is 23.0 Å². The van der Waals surface area contributed by atoms with Crippen molar-refractivity contribution < 1.29 is 13.2 Å². The zero-order chi connectivity index (χ0) is 18.4. The maximum atomic E-state index is 12.8. The monoisotopic (exact) mass is 360 g/mol. The topological polar surface area (TPSA) is 42.7 Å². The first-order valence-electron chi connectivity index (χ1n) is 8.62. The highest BCUT2D eigenvalue weighted by Crippen LogP contribution is 2.53. The molecule has 1 unspecified atom stereocenters. The van der Waals surface area contributed by atoms with Crippen LogP contribution in [0.2, 0.25) is 0 Å². The zero-order valence-corrected chi connectivity index (χ0v) is 14.1. The van der Waals surface area contributed by atoms with Crippen molar-refractivity contribution in [1.29, 1.82) is 0 Å².